The summed E-state index contributed by atoms with van der Waals surface area (Å²) in [4.78, 5) is 33.8. The Bertz CT molecular complexity index is 696. The van der Waals surface area contributed by atoms with Crippen molar-refractivity contribution in [2.24, 2.45) is 5.73 Å². The number of piperidine rings is 1. The van der Waals surface area contributed by atoms with E-state index in [1.165, 1.54) is 22.2 Å². The quantitative estimate of drug-likeness (QED) is 0.785. The summed E-state index contributed by atoms with van der Waals surface area (Å²) in [6.07, 6.45) is 5.72. The van der Waals surface area contributed by atoms with Crippen LogP contribution in [0.25, 0.3) is 0 Å². The van der Waals surface area contributed by atoms with Crippen molar-refractivity contribution in [2.45, 2.75) is 31.5 Å². The number of hydroxylamine groups is 2. The van der Waals surface area contributed by atoms with Crippen molar-refractivity contribution in [3.63, 3.8) is 0 Å². The predicted molar refractivity (Wildman–Crippen MR) is 90.1 cm³/mol. The molecule has 1 aliphatic rings. The van der Waals surface area contributed by atoms with Gasteiger partial charge in [0.2, 0.25) is 5.91 Å². The minimum atomic E-state index is -0.379. The molecule has 0 radical (unpaired) electrons. The van der Waals surface area contributed by atoms with Gasteiger partial charge in [0, 0.05) is 18.9 Å². The van der Waals surface area contributed by atoms with Gasteiger partial charge < -0.3 is 11.1 Å². The molecule has 1 aromatic heterocycles. The molecule has 2 heterocycles. The molecule has 0 saturated carbocycles. The van der Waals surface area contributed by atoms with Crippen molar-refractivity contribution >= 4 is 11.9 Å². The fourth-order valence-electron chi connectivity index (χ4n) is 2.81. The number of rotatable bonds is 5. The summed E-state index contributed by atoms with van der Waals surface area (Å²) in [5.41, 5.74) is 6.30. The summed E-state index contributed by atoms with van der Waals surface area (Å²) < 4.78 is 1.37. The van der Waals surface area contributed by atoms with Gasteiger partial charge in [0.1, 0.15) is 12.9 Å². The first-order valence-electron chi connectivity index (χ1n) is 8.16. The molecule has 0 aliphatic carbocycles. The number of hydrogen-bond donors (Lipinski definition) is 2. The van der Waals surface area contributed by atoms with E-state index in [2.05, 4.69) is 10.3 Å². The lowest BCUT2D eigenvalue weighted by molar-refractivity contribution is -0.159. The van der Waals surface area contributed by atoms with E-state index in [0.717, 1.165) is 5.56 Å². The molecule has 1 fully saturated rings. The Morgan fingerprint density at radius 1 is 1.32 bits per heavy atom. The maximum atomic E-state index is 12.7. The zero-order valence-electron chi connectivity index (χ0n) is 13.7. The number of aromatic nitrogens is 2. The minimum absolute atomic E-state index is 0.200. The Balaban J connectivity index is 1.70. The number of carbonyl (C=O) groups is 2. The highest BCUT2D eigenvalue weighted by Gasteiger charge is 2.32. The predicted octanol–water partition coefficient (Wildman–Crippen LogP) is 0.891. The van der Waals surface area contributed by atoms with E-state index in [1.54, 1.807) is 6.20 Å². The second kappa shape index (κ2) is 7.91. The summed E-state index contributed by atoms with van der Waals surface area (Å²) in [6.45, 7) is 0.708. The zero-order valence-corrected chi connectivity index (χ0v) is 13.7. The molecular formula is C17H21N5O3. The third-order valence-corrected chi connectivity index (χ3v) is 4.19. The molecule has 1 aliphatic heterocycles. The number of amides is 2. The third kappa shape index (κ3) is 4.23. The number of primary amides is 1. The van der Waals surface area contributed by atoms with Crippen molar-refractivity contribution < 1.29 is 14.4 Å². The number of nitrogens with two attached hydrogens (primary N) is 1. The fourth-order valence-corrected chi connectivity index (χ4v) is 2.81. The lowest BCUT2D eigenvalue weighted by Gasteiger charge is -2.35. The van der Waals surface area contributed by atoms with E-state index in [4.69, 9.17) is 10.6 Å². The van der Waals surface area contributed by atoms with Crippen LogP contribution in [0.3, 0.4) is 0 Å². The van der Waals surface area contributed by atoms with Crippen LogP contribution in [0.2, 0.25) is 0 Å². The van der Waals surface area contributed by atoms with E-state index in [1.807, 2.05) is 30.3 Å². The van der Waals surface area contributed by atoms with Gasteiger partial charge in [-0.3, -0.25) is 14.2 Å². The normalized spacial score (nSPS) is 20.2. The van der Waals surface area contributed by atoms with Crippen LogP contribution in [0.15, 0.2) is 49.1 Å². The van der Waals surface area contributed by atoms with E-state index in [0.29, 0.717) is 19.4 Å². The number of imidazole rings is 1. The van der Waals surface area contributed by atoms with Crippen molar-refractivity contribution in [1.29, 1.82) is 0 Å². The Kier molecular flexibility index (Phi) is 5.42. The zero-order chi connectivity index (χ0) is 17.6. The number of hydrogen-bond acceptors (Lipinski definition) is 5. The van der Waals surface area contributed by atoms with Gasteiger partial charge in [-0.2, -0.15) is 5.06 Å². The molecule has 8 nitrogen and oxygen atoms in total. The highest BCUT2D eigenvalue weighted by atomic mass is 16.7. The maximum absolute atomic E-state index is 12.7. The van der Waals surface area contributed by atoms with Gasteiger partial charge in [0.15, 0.2) is 0 Å². The van der Waals surface area contributed by atoms with Gasteiger partial charge in [-0.1, -0.05) is 30.3 Å². The van der Waals surface area contributed by atoms with Gasteiger partial charge >= 0.3 is 6.03 Å². The minimum Gasteiger partial charge on any atom is -0.368 e. The Labute approximate surface area is 145 Å². The lowest BCUT2D eigenvalue weighted by atomic mass is 10.0. The summed E-state index contributed by atoms with van der Waals surface area (Å²) in [6, 6.07) is 8.74. The van der Waals surface area contributed by atoms with Crippen LogP contribution >= 0.6 is 0 Å². The maximum Gasteiger partial charge on any atom is 0.353 e. The Morgan fingerprint density at radius 3 is 2.72 bits per heavy atom. The summed E-state index contributed by atoms with van der Waals surface area (Å²) in [7, 11) is 0. The molecule has 2 aromatic rings. The van der Waals surface area contributed by atoms with Crippen LogP contribution in [-0.4, -0.2) is 45.2 Å². The monoisotopic (exact) mass is 343 g/mol. The SMILES string of the molecule is NC(=O)[C@@H]1CC[C@@H](N(OCc2ccccc2)C(=O)n2ccnc2)CN1. The summed E-state index contributed by atoms with van der Waals surface area (Å²) >= 11 is 0. The topological polar surface area (TPSA) is 102 Å². The van der Waals surface area contributed by atoms with Crippen molar-refractivity contribution in [3.8, 4) is 0 Å². The number of benzene rings is 1. The molecule has 2 amide bonds. The lowest BCUT2D eigenvalue weighted by Crippen LogP contribution is -2.55. The second-order valence-corrected chi connectivity index (χ2v) is 5.93. The number of carbonyl (C=O) groups excluding carboxylic acids is 2. The smallest absolute Gasteiger partial charge is 0.353 e. The van der Waals surface area contributed by atoms with Gasteiger partial charge in [0.05, 0.1) is 12.1 Å². The fraction of sp³-hybridized carbons (Fsp3) is 0.353. The molecule has 3 rings (SSSR count). The van der Waals surface area contributed by atoms with Crippen LogP contribution in [0.1, 0.15) is 18.4 Å². The van der Waals surface area contributed by atoms with Gasteiger partial charge in [-0.25, -0.2) is 9.78 Å². The second-order valence-electron chi connectivity index (χ2n) is 5.93. The molecule has 8 heteroatoms. The highest BCUT2D eigenvalue weighted by molar-refractivity contribution is 5.80. The Hall–Kier alpha value is -2.71. The standard InChI is InChI=1S/C17H21N5O3/c18-16(23)15-7-6-14(10-20-15)22(17(24)21-9-8-19-12-21)25-11-13-4-2-1-3-5-13/h1-5,8-9,12,14-15,20H,6-7,10-11H2,(H2,18,23)/t14-,15+/m1/s1. The average molecular weight is 343 g/mol. The van der Waals surface area contributed by atoms with Gasteiger partial charge in [-0.05, 0) is 18.4 Å². The van der Waals surface area contributed by atoms with Gasteiger partial charge in [0.25, 0.3) is 0 Å². The van der Waals surface area contributed by atoms with E-state index >= 15 is 0 Å². The van der Waals surface area contributed by atoms with Crippen molar-refractivity contribution in [3.05, 3.63) is 54.6 Å². The first-order valence-corrected chi connectivity index (χ1v) is 8.16. The van der Waals surface area contributed by atoms with Crippen LogP contribution in [0.4, 0.5) is 4.79 Å². The highest BCUT2D eigenvalue weighted by Crippen LogP contribution is 2.17. The largest absolute Gasteiger partial charge is 0.368 e. The molecule has 1 saturated heterocycles. The van der Waals surface area contributed by atoms with E-state index in [-0.39, 0.29) is 30.6 Å². The van der Waals surface area contributed by atoms with E-state index < -0.39 is 0 Å². The number of nitrogens with zero attached hydrogens (tertiary/aromatic N) is 3. The first-order chi connectivity index (χ1) is 12.1. The number of nitrogens with one attached hydrogen (secondary N) is 1. The van der Waals surface area contributed by atoms with Crippen molar-refractivity contribution in [1.82, 2.24) is 19.9 Å². The van der Waals surface area contributed by atoms with Crippen LogP contribution in [0.5, 0.6) is 0 Å². The van der Waals surface area contributed by atoms with Crippen molar-refractivity contribution in [2.75, 3.05) is 6.54 Å². The molecule has 25 heavy (non-hydrogen) atoms. The third-order valence-electron chi connectivity index (χ3n) is 4.19. The first kappa shape index (κ1) is 17.1. The van der Waals surface area contributed by atoms with Crippen LogP contribution < -0.4 is 11.1 Å². The van der Waals surface area contributed by atoms with E-state index in [9.17, 15) is 9.59 Å². The van der Waals surface area contributed by atoms with Crippen LogP contribution in [0, 0.1) is 0 Å². The molecule has 1 aromatic carbocycles. The summed E-state index contributed by atoms with van der Waals surface area (Å²) in [5.74, 6) is -0.379. The molecular weight excluding hydrogens is 322 g/mol. The molecule has 132 valence electrons. The van der Waals surface area contributed by atoms with Gasteiger partial charge in [-0.15, -0.1) is 0 Å². The molecule has 0 unspecified atom stereocenters. The average Bonchev–Trinajstić information content (AvgIpc) is 3.18. The molecule has 0 spiro atoms. The van der Waals surface area contributed by atoms with Crippen LogP contribution in [-0.2, 0) is 16.2 Å². The molecule has 2 atom stereocenters. The summed E-state index contributed by atoms with van der Waals surface area (Å²) in [5, 5.41) is 4.43. The Morgan fingerprint density at radius 2 is 2.12 bits per heavy atom. The molecule has 0 bridgehead atoms. The molecule has 3 N–H and O–H groups in total.